The normalized spacial score (nSPS) is 15.1. The molecule has 0 spiro atoms. The Hall–Kier alpha value is -2.56. The molecule has 1 N–H and O–H groups in total. The maximum atomic E-state index is 4.88. The molecule has 5 nitrogen and oxygen atoms in total. The Morgan fingerprint density at radius 2 is 1.96 bits per heavy atom. The van der Waals surface area contributed by atoms with Crippen LogP contribution in [0.4, 0.5) is 5.69 Å². The fourth-order valence-electron chi connectivity index (χ4n) is 3.49. The van der Waals surface area contributed by atoms with Crippen LogP contribution < -0.4 is 10.2 Å². The molecule has 0 radical (unpaired) electrons. The predicted molar refractivity (Wildman–Crippen MR) is 114 cm³/mol. The molecule has 0 saturated carbocycles. The number of hydrogen-bond acceptors (Lipinski definition) is 3. The number of rotatable bonds is 5. The Labute approximate surface area is 163 Å². The third kappa shape index (κ3) is 5.22. The summed E-state index contributed by atoms with van der Waals surface area (Å²) in [5.41, 5.74) is 5.21. The number of hydrogen-bond donors (Lipinski definition) is 1. The summed E-state index contributed by atoms with van der Waals surface area (Å²) in [6, 6.07) is 10.9. The van der Waals surface area contributed by atoms with Gasteiger partial charge in [-0.3, -0.25) is 9.98 Å². The van der Waals surface area contributed by atoms with Crippen molar-refractivity contribution in [1.29, 1.82) is 0 Å². The van der Waals surface area contributed by atoms with Crippen molar-refractivity contribution in [3.63, 3.8) is 0 Å². The molecule has 1 saturated heterocycles. The lowest BCUT2D eigenvalue weighted by Crippen LogP contribution is -2.52. The number of aromatic nitrogens is 1. The zero-order chi connectivity index (χ0) is 19.1. The molecular weight excluding hydrogens is 334 g/mol. The molecule has 3 rings (SSSR count). The molecule has 0 aliphatic carbocycles. The Bertz CT molecular complexity index is 763. The van der Waals surface area contributed by atoms with Crippen LogP contribution >= 0.6 is 0 Å². The van der Waals surface area contributed by atoms with Gasteiger partial charge in [-0.05, 0) is 62.1 Å². The van der Waals surface area contributed by atoms with Crippen molar-refractivity contribution in [2.24, 2.45) is 4.99 Å². The van der Waals surface area contributed by atoms with Gasteiger partial charge < -0.3 is 15.1 Å². The largest absolute Gasteiger partial charge is 0.368 e. The van der Waals surface area contributed by atoms with E-state index in [1.54, 1.807) is 0 Å². The summed E-state index contributed by atoms with van der Waals surface area (Å²) in [6.45, 7) is 12.1. The fraction of sp³-hybridized carbons (Fsp3) is 0.455. The molecule has 0 unspecified atom stereocenters. The van der Waals surface area contributed by atoms with Gasteiger partial charge in [0.05, 0.1) is 0 Å². The van der Waals surface area contributed by atoms with Gasteiger partial charge in [0.2, 0.25) is 0 Å². The van der Waals surface area contributed by atoms with Gasteiger partial charge in [0.1, 0.15) is 0 Å². The number of piperazine rings is 1. The second-order valence-electron chi connectivity index (χ2n) is 7.10. The summed E-state index contributed by atoms with van der Waals surface area (Å²) < 4.78 is 0. The van der Waals surface area contributed by atoms with E-state index in [-0.39, 0.29) is 0 Å². The van der Waals surface area contributed by atoms with Gasteiger partial charge in [-0.2, -0.15) is 0 Å². The van der Waals surface area contributed by atoms with Crippen molar-refractivity contribution in [2.75, 3.05) is 44.2 Å². The Balaban J connectivity index is 1.58. The summed E-state index contributed by atoms with van der Waals surface area (Å²) in [5.74, 6) is 1.04. The van der Waals surface area contributed by atoms with Gasteiger partial charge in [0, 0.05) is 57.3 Å². The zero-order valence-electron chi connectivity index (χ0n) is 16.8. The number of anilines is 1. The molecule has 5 heteroatoms. The van der Waals surface area contributed by atoms with Crippen molar-refractivity contribution in [2.45, 2.75) is 27.2 Å². The monoisotopic (exact) mass is 365 g/mol. The van der Waals surface area contributed by atoms with Crippen LogP contribution in [-0.4, -0.2) is 55.1 Å². The van der Waals surface area contributed by atoms with E-state index in [1.807, 2.05) is 12.4 Å². The van der Waals surface area contributed by atoms with Crippen LogP contribution in [0.1, 0.15) is 23.6 Å². The first-order chi connectivity index (χ1) is 13.2. The molecule has 1 aliphatic heterocycles. The van der Waals surface area contributed by atoms with Crippen LogP contribution in [0.2, 0.25) is 0 Å². The quantitative estimate of drug-likeness (QED) is 0.653. The van der Waals surface area contributed by atoms with E-state index in [0.29, 0.717) is 0 Å². The number of aliphatic imine (C=N–C) groups is 1. The van der Waals surface area contributed by atoms with Gasteiger partial charge in [-0.15, -0.1) is 0 Å². The molecule has 1 aromatic heterocycles. The molecule has 0 bridgehead atoms. The maximum absolute atomic E-state index is 4.88. The Kier molecular flexibility index (Phi) is 6.69. The molecule has 0 amide bonds. The van der Waals surface area contributed by atoms with E-state index in [1.165, 1.54) is 22.4 Å². The number of aryl methyl sites for hydroxylation is 2. The second-order valence-corrected chi connectivity index (χ2v) is 7.10. The van der Waals surface area contributed by atoms with Crippen LogP contribution in [0.15, 0.2) is 47.7 Å². The van der Waals surface area contributed by atoms with Gasteiger partial charge in [-0.25, -0.2) is 0 Å². The van der Waals surface area contributed by atoms with E-state index < -0.39 is 0 Å². The number of benzene rings is 1. The van der Waals surface area contributed by atoms with Crippen molar-refractivity contribution in [1.82, 2.24) is 15.2 Å². The molecule has 0 atom stereocenters. The highest BCUT2D eigenvalue weighted by Crippen LogP contribution is 2.18. The molecule has 2 aromatic rings. The number of pyridine rings is 1. The zero-order valence-corrected chi connectivity index (χ0v) is 16.8. The highest BCUT2D eigenvalue weighted by Gasteiger charge is 2.19. The number of nitrogens with one attached hydrogen (secondary N) is 1. The van der Waals surface area contributed by atoms with Crippen LogP contribution in [0.25, 0.3) is 0 Å². The number of guanidine groups is 1. The Morgan fingerprint density at radius 1 is 1.15 bits per heavy atom. The lowest BCUT2D eigenvalue weighted by molar-refractivity contribution is 0.372. The van der Waals surface area contributed by atoms with Gasteiger partial charge >= 0.3 is 0 Å². The SMILES string of the molecule is CCNC(=NCCc1ccncc1C)N1CCN(c2cccc(C)c2)CC1. The van der Waals surface area contributed by atoms with E-state index in [4.69, 9.17) is 4.99 Å². The van der Waals surface area contributed by atoms with Crippen LogP contribution in [-0.2, 0) is 6.42 Å². The second kappa shape index (κ2) is 9.40. The average Bonchev–Trinajstić information content (AvgIpc) is 2.69. The van der Waals surface area contributed by atoms with E-state index in [9.17, 15) is 0 Å². The summed E-state index contributed by atoms with van der Waals surface area (Å²) in [4.78, 5) is 13.9. The molecule has 27 heavy (non-hydrogen) atoms. The smallest absolute Gasteiger partial charge is 0.194 e. The van der Waals surface area contributed by atoms with Crippen LogP contribution in [0.5, 0.6) is 0 Å². The molecule has 1 aliphatic rings. The van der Waals surface area contributed by atoms with Gasteiger partial charge in [-0.1, -0.05) is 12.1 Å². The summed E-state index contributed by atoms with van der Waals surface area (Å²) in [6.07, 6.45) is 4.74. The molecule has 144 valence electrons. The fourth-order valence-corrected chi connectivity index (χ4v) is 3.49. The lowest BCUT2D eigenvalue weighted by atomic mass is 10.1. The first-order valence-corrected chi connectivity index (χ1v) is 9.91. The maximum Gasteiger partial charge on any atom is 0.194 e. The molecular formula is C22H31N5. The summed E-state index contributed by atoms with van der Waals surface area (Å²) in [5, 5.41) is 3.46. The minimum Gasteiger partial charge on any atom is -0.368 e. The Morgan fingerprint density at radius 3 is 2.67 bits per heavy atom. The number of nitrogens with zero attached hydrogens (tertiary/aromatic N) is 4. The standard InChI is InChI=1S/C22H31N5/c1-4-24-22(25-11-9-20-8-10-23-17-19(20)3)27-14-12-26(13-15-27)21-7-5-6-18(2)16-21/h5-8,10,16-17H,4,9,11-15H2,1-3H3,(H,24,25). The molecule has 2 heterocycles. The highest BCUT2D eigenvalue weighted by atomic mass is 15.3. The highest BCUT2D eigenvalue weighted by molar-refractivity contribution is 5.80. The minimum absolute atomic E-state index is 0.797. The van der Waals surface area contributed by atoms with E-state index in [0.717, 1.165) is 51.6 Å². The average molecular weight is 366 g/mol. The van der Waals surface area contributed by atoms with Crippen LogP contribution in [0, 0.1) is 13.8 Å². The lowest BCUT2D eigenvalue weighted by Gasteiger charge is -2.37. The van der Waals surface area contributed by atoms with Gasteiger partial charge in [0.15, 0.2) is 5.96 Å². The first kappa shape index (κ1) is 19.2. The van der Waals surface area contributed by atoms with Crippen molar-refractivity contribution in [3.05, 3.63) is 59.4 Å². The minimum atomic E-state index is 0.797. The first-order valence-electron chi connectivity index (χ1n) is 9.91. The topological polar surface area (TPSA) is 43.8 Å². The van der Waals surface area contributed by atoms with Crippen molar-refractivity contribution < 1.29 is 0 Å². The van der Waals surface area contributed by atoms with Crippen molar-refractivity contribution >= 4 is 11.6 Å². The predicted octanol–water partition coefficient (Wildman–Crippen LogP) is 3.03. The third-order valence-electron chi connectivity index (χ3n) is 5.06. The summed E-state index contributed by atoms with van der Waals surface area (Å²) in [7, 11) is 0. The van der Waals surface area contributed by atoms with E-state index >= 15 is 0 Å². The summed E-state index contributed by atoms with van der Waals surface area (Å²) >= 11 is 0. The molecule has 1 aromatic carbocycles. The van der Waals surface area contributed by atoms with Crippen LogP contribution in [0.3, 0.4) is 0 Å². The van der Waals surface area contributed by atoms with Gasteiger partial charge in [0.25, 0.3) is 0 Å². The van der Waals surface area contributed by atoms with E-state index in [2.05, 4.69) is 71.2 Å². The third-order valence-corrected chi connectivity index (χ3v) is 5.06. The molecule has 1 fully saturated rings. The van der Waals surface area contributed by atoms with Crippen molar-refractivity contribution in [3.8, 4) is 0 Å².